The summed E-state index contributed by atoms with van der Waals surface area (Å²) in [5.74, 6) is 5.20. The Balaban J connectivity index is 2.19. The highest BCUT2D eigenvalue weighted by Gasteiger charge is 2.13. The zero-order chi connectivity index (χ0) is 12.3. The Morgan fingerprint density at radius 1 is 1.41 bits per heavy atom. The molecule has 1 atom stereocenters. The van der Waals surface area contributed by atoms with Crippen LogP contribution in [0.3, 0.4) is 0 Å². The molecule has 0 saturated carbocycles. The Hall–Kier alpha value is -0.940. The lowest BCUT2D eigenvalue weighted by molar-refractivity contribution is 0.552. The van der Waals surface area contributed by atoms with Crippen molar-refractivity contribution in [1.29, 1.82) is 0 Å². The molecule has 1 aromatic carbocycles. The number of hydrogen-bond donors (Lipinski definition) is 2. The predicted octanol–water partition coefficient (Wildman–Crippen LogP) is 3.29. The third-order valence-corrected chi connectivity index (χ3v) is 3.64. The second-order valence-corrected chi connectivity index (χ2v) is 4.90. The lowest BCUT2D eigenvalue weighted by Crippen LogP contribution is -2.29. The van der Waals surface area contributed by atoms with Crippen molar-refractivity contribution in [3.05, 3.63) is 57.0 Å². The number of halogens is 2. The fourth-order valence-corrected chi connectivity index (χ4v) is 2.61. The fraction of sp³-hybridized carbons (Fsp3) is 0.167. The van der Waals surface area contributed by atoms with Gasteiger partial charge in [-0.1, -0.05) is 17.7 Å². The van der Waals surface area contributed by atoms with Crippen molar-refractivity contribution in [2.45, 2.75) is 12.5 Å². The Morgan fingerprint density at radius 3 is 2.82 bits per heavy atom. The molecule has 0 fully saturated rings. The maximum absolute atomic E-state index is 12.9. The van der Waals surface area contributed by atoms with E-state index in [9.17, 15) is 4.39 Å². The van der Waals surface area contributed by atoms with Crippen LogP contribution in [0.4, 0.5) is 4.39 Å². The molecule has 17 heavy (non-hydrogen) atoms. The van der Waals surface area contributed by atoms with Crippen molar-refractivity contribution in [2.24, 2.45) is 5.84 Å². The maximum Gasteiger partial charge on any atom is 0.124 e. The zero-order valence-corrected chi connectivity index (χ0v) is 10.6. The van der Waals surface area contributed by atoms with Gasteiger partial charge in [0.1, 0.15) is 5.82 Å². The van der Waals surface area contributed by atoms with E-state index in [0.717, 1.165) is 11.1 Å². The topological polar surface area (TPSA) is 38.0 Å². The number of rotatable bonds is 4. The molecule has 5 heteroatoms. The second kappa shape index (κ2) is 5.60. The summed E-state index contributed by atoms with van der Waals surface area (Å²) in [7, 11) is 0. The molecular weight excluding hydrogens is 259 g/mol. The highest BCUT2D eigenvalue weighted by molar-refractivity contribution is 7.07. The van der Waals surface area contributed by atoms with Crippen LogP contribution in [-0.4, -0.2) is 0 Å². The minimum atomic E-state index is -0.327. The Morgan fingerprint density at radius 2 is 2.24 bits per heavy atom. The van der Waals surface area contributed by atoms with Gasteiger partial charge in [-0.2, -0.15) is 11.3 Å². The van der Waals surface area contributed by atoms with Gasteiger partial charge in [-0.05, 0) is 46.5 Å². The first-order chi connectivity index (χ1) is 8.20. The van der Waals surface area contributed by atoms with E-state index in [4.69, 9.17) is 17.4 Å². The summed E-state index contributed by atoms with van der Waals surface area (Å²) in [5.41, 5.74) is 4.74. The number of nitrogens with one attached hydrogen (secondary N) is 1. The molecule has 0 bridgehead atoms. The van der Waals surface area contributed by atoms with Gasteiger partial charge in [-0.15, -0.1) is 0 Å². The molecular formula is C12H12ClFN2S. The highest BCUT2D eigenvalue weighted by atomic mass is 35.5. The molecule has 2 rings (SSSR count). The van der Waals surface area contributed by atoms with Crippen LogP contribution in [-0.2, 0) is 6.42 Å². The van der Waals surface area contributed by atoms with E-state index in [1.165, 1.54) is 12.1 Å². The first kappa shape index (κ1) is 12.5. The summed E-state index contributed by atoms with van der Waals surface area (Å²) >= 11 is 7.60. The maximum atomic E-state index is 12.9. The molecule has 0 spiro atoms. The van der Waals surface area contributed by atoms with Crippen molar-refractivity contribution in [3.8, 4) is 0 Å². The van der Waals surface area contributed by atoms with Gasteiger partial charge in [0, 0.05) is 5.02 Å². The average Bonchev–Trinajstić information content (AvgIpc) is 2.81. The SMILES string of the molecule is NNC(Cc1ccc(F)cc1Cl)c1ccsc1. The van der Waals surface area contributed by atoms with E-state index >= 15 is 0 Å². The van der Waals surface area contributed by atoms with Crippen LogP contribution in [0.15, 0.2) is 35.0 Å². The smallest absolute Gasteiger partial charge is 0.124 e. The van der Waals surface area contributed by atoms with Crippen molar-refractivity contribution < 1.29 is 4.39 Å². The minimum Gasteiger partial charge on any atom is -0.271 e. The van der Waals surface area contributed by atoms with Crippen LogP contribution in [0.2, 0.25) is 5.02 Å². The lowest BCUT2D eigenvalue weighted by atomic mass is 10.0. The zero-order valence-electron chi connectivity index (χ0n) is 8.99. The summed E-state index contributed by atoms with van der Waals surface area (Å²) in [4.78, 5) is 0. The molecule has 2 nitrogen and oxygen atoms in total. The number of hydrazine groups is 1. The first-order valence-corrected chi connectivity index (χ1v) is 6.45. The summed E-state index contributed by atoms with van der Waals surface area (Å²) in [5, 5.41) is 4.45. The number of hydrogen-bond acceptors (Lipinski definition) is 3. The lowest BCUT2D eigenvalue weighted by Gasteiger charge is -2.15. The van der Waals surface area contributed by atoms with Crippen LogP contribution in [0.5, 0.6) is 0 Å². The number of benzene rings is 1. The van der Waals surface area contributed by atoms with Crippen molar-refractivity contribution in [2.75, 3.05) is 0 Å². The van der Waals surface area contributed by atoms with Gasteiger partial charge in [0.25, 0.3) is 0 Å². The Bertz CT molecular complexity index is 487. The molecule has 0 aliphatic carbocycles. The van der Waals surface area contributed by atoms with E-state index in [0.29, 0.717) is 11.4 Å². The minimum absolute atomic E-state index is 0.00999. The van der Waals surface area contributed by atoms with Crippen LogP contribution >= 0.6 is 22.9 Å². The third-order valence-electron chi connectivity index (χ3n) is 2.59. The van der Waals surface area contributed by atoms with E-state index in [-0.39, 0.29) is 11.9 Å². The molecule has 1 aromatic heterocycles. The molecule has 0 radical (unpaired) electrons. The molecule has 90 valence electrons. The third kappa shape index (κ3) is 3.04. The number of thiophene rings is 1. The van der Waals surface area contributed by atoms with Crippen LogP contribution < -0.4 is 11.3 Å². The van der Waals surface area contributed by atoms with Crippen molar-refractivity contribution in [1.82, 2.24) is 5.43 Å². The molecule has 1 heterocycles. The Kier molecular flexibility index (Phi) is 4.12. The fourth-order valence-electron chi connectivity index (χ4n) is 1.65. The quantitative estimate of drug-likeness (QED) is 0.661. The van der Waals surface area contributed by atoms with Gasteiger partial charge < -0.3 is 0 Å². The summed E-state index contributed by atoms with van der Waals surface area (Å²) < 4.78 is 12.9. The summed E-state index contributed by atoms with van der Waals surface area (Å²) in [6, 6.07) is 6.41. The van der Waals surface area contributed by atoms with E-state index in [1.54, 1.807) is 17.4 Å². The van der Waals surface area contributed by atoms with E-state index in [1.807, 2.05) is 16.8 Å². The molecule has 0 aliphatic heterocycles. The normalized spacial score (nSPS) is 12.6. The van der Waals surface area contributed by atoms with Gasteiger partial charge >= 0.3 is 0 Å². The van der Waals surface area contributed by atoms with Crippen LogP contribution in [0.25, 0.3) is 0 Å². The molecule has 0 aliphatic rings. The molecule has 1 unspecified atom stereocenters. The molecule has 2 aromatic rings. The second-order valence-electron chi connectivity index (χ2n) is 3.72. The van der Waals surface area contributed by atoms with Gasteiger partial charge in [0.2, 0.25) is 0 Å². The summed E-state index contributed by atoms with van der Waals surface area (Å²) in [6.45, 7) is 0. The highest BCUT2D eigenvalue weighted by Crippen LogP contribution is 2.25. The van der Waals surface area contributed by atoms with Gasteiger partial charge in [0.05, 0.1) is 6.04 Å². The first-order valence-electron chi connectivity index (χ1n) is 5.13. The predicted molar refractivity (Wildman–Crippen MR) is 69.5 cm³/mol. The molecule has 0 amide bonds. The van der Waals surface area contributed by atoms with Crippen LogP contribution in [0.1, 0.15) is 17.2 Å². The molecule has 0 saturated heterocycles. The average molecular weight is 271 g/mol. The Labute approximate surface area is 108 Å². The van der Waals surface area contributed by atoms with E-state index in [2.05, 4.69) is 5.43 Å². The monoisotopic (exact) mass is 270 g/mol. The van der Waals surface area contributed by atoms with E-state index < -0.39 is 0 Å². The van der Waals surface area contributed by atoms with Gasteiger partial charge in [-0.25, -0.2) is 4.39 Å². The van der Waals surface area contributed by atoms with Gasteiger partial charge in [0.15, 0.2) is 0 Å². The largest absolute Gasteiger partial charge is 0.271 e. The van der Waals surface area contributed by atoms with Crippen molar-refractivity contribution >= 4 is 22.9 Å². The van der Waals surface area contributed by atoms with Crippen molar-refractivity contribution in [3.63, 3.8) is 0 Å². The standard InChI is InChI=1S/C12H12ClFN2S/c13-11-6-10(14)2-1-8(11)5-12(16-15)9-3-4-17-7-9/h1-4,6-7,12,16H,5,15H2. The molecule has 3 N–H and O–H groups in total. The number of nitrogens with two attached hydrogens (primary N) is 1. The summed E-state index contributed by atoms with van der Waals surface area (Å²) in [6.07, 6.45) is 0.631. The van der Waals surface area contributed by atoms with Gasteiger partial charge in [-0.3, -0.25) is 11.3 Å². The van der Waals surface area contributed by atoms with Crippen LogP contribution in [0, 0.1) is 5.82 Å².